The third kappa shape index (κ3) is 5.78. The molecule has 233 valence electrons. The van der Waals surface area contributed by atoms with Gasteiger partial charge in [-0.2, -0.15) is 0 Å². The summed E-state index contributed by atoms with van der Waals surface area (Å²) in [4.78, 5) is 17.0. The average molecular weight is 830 g/mol. The van der Waals surface area contributed by atoms with Crippen LogP contribution in [0.1, 0.15) is 92.2 Å². The Morgan fingerprint density at radius 1 is 0.886 bits per heavy atom. The molecule has 1 radical (unpaired) electrons. The van der Waals surface area contributed by atoms with Gasteiger partial charge in [0, 0.05) is 37.0 Å². The van der Waals surface area contributed by atoms with Crippen LogP contribution in [-0.4, -0.2) is 30.4 Å². The van der Waals surface area contributed by atoms with E-state index in [1.165, 1.54) is 47.4 Å². The summed E-state index contributed by atoms with van der Waals surface area (Å²) in [6.07, 6.45) is 6.73. The van der Waals surface area contributed by atoms with Gasteiger partial charge in [0.25, 0.3) is 0 Å². The molecule has 6 rings (SSSR count). The summed E-state index contributed by atoms with van der Waals surface area (Å²) in [5.41, 5.74) is 4.35. The van der Waals surface area contributed by atoms with Crippen molar-refractivity contribution in [3.05, 3.63) is 89.8 Å². The molecule has 0 saturated carbocycles. The fourth-order valence-corrected chi connectivity index (χ4v) is 8.51. The van der Waals surface area contributed by atoms with Crippen LogP contribution in [0.3, 0.4) is 0 Å². The fourth-order valence-electron chi connectivity index (χ4n) is 6.15. The van der Waals surface area contributed by atoms with E-state index in [2.05, 4.69) is 74.5 Å². The number of pyridine rings is 1. The Morgan fingerprint density at radius 3 is 2.18 bits per heavy atom. The van der Waals surface area contributed by atoms with Crippen LogP contribution >= 0.6 is 0 Å². The van der Waals surface area contributed by atoms with Gasteiger partial charge in [-0.15, -0.1) is 0 Å². The van der Waals surface area contributed by atoms with Crippen LogP contribution in [0.2, 0.25) is 0 Å². The van der Waals surface area contributed by atoms with Crippen molar-refractivity contribution in [1.82, 2.24) is 4.98 Å². The Hall–Kier alpha value is -2.55. The first-order valence-electron chi connectivity index (χ1n) is 15.7. The summed E-state index contributed by atoms with van der Waals surface area (Å²) in [6, 6.07) is 23.7. The molecule has 0 saturated heterocycles. The zero-order valence-corrected chi connectivity index (χ0v) is 31.3. The maximum Gasteiger partial charge on any atom is 0.164 e. The normalized spacial score (nSPS) is 14.1. The van der Waals surface area contributed by atoms with Crippen LogP contribution in [0.15, 0.2) is 72.6 Å². The van der Waals surface area contributed by atoms with Crippen molar-refractivity contribution in [2.24, 2.45) is 10.8 Å². The van der Waals surface area contributed by atoms with E-state index in [1.54, 1.807) is 0 Å². The molecule has 2 heterocycles. The van der Waals surface area contributed by atoms with Crippen LogP contribution in [0.25, 0.3) is 41.3 Å². The van der Waals surface area contributed by atoms with E-state index in [0.29, 0.717) is 14.5 Å². The smallest absolute Gasteiger partial charge is 0.164 e. The quantitative estimate of drug-likeness (QED) is 0.0770. The number of aromatic nitrogens is 1. The Kier molecular flexibility index (Phi) is 10.2. The molecule has 0 spiro atoms. The van der Waals surface area contributed by atoms with Crippen LogP contribution in [-0.2, 0) is 30.3 Å². The molecule has 1 aliphatic rings. The fraction of sp³-hybridized carbons (Fsp3) is 0.385. The molecule has 1 aliphatic carbocycles. The van der Waals surface area contributed by atoms with Gasteiger partial charge < -0.3 is 5.11 Å². The van der Waals surface area contributed by atoms with Crippen molar-refractivity contribution in [3.8, 4) is 11.3 Å². The number of allylic oxidation sites excluding steroid dienone is 2. The van der Waals surface area contributed by atoms with Crippen molar-refractivity contribution >= 4 is 50.4 Å². The molecule has 0 atom stereocenters. The largest absolute Gasteiger partial charge is 0.512 e. The van der Waals surface area contributed by atoms with Crippen LogP contribution in [0.4, 0.5) is 0 Å². The molecule has 0 amide bonds. The molecule has 3 aromatic carbocycles. The number of aliphatic hydroxyl groups excluding tert-OH is 1. The molecule has 0 bridgehead atoms. The van der Waals surface area contributed by atoms with Crippen LogP contribution in [0.5, 0.6) is 0 Å². The Labute approximate surface area is 282 Å². The first-order valence-corrected chi connectivity index (χ1v) is 17.4. The second-order valence-electron chi connectivity index (χ2n) is 13.0. The van der Waals surface area contributed by atoms with Gasteiger partial charge in [-0.05, 0) is 25.7 Å². The molecule has 3 nitrogen and oxygen atoms in total. The van der Waals surface area contributed by atoms with E-state index in [1.807, 2.05) is 47.7 Å². The number of aliphatic hydroxyl groups is 1. The number of fused-ring (bicyclic) bond motifs is 3. The zero-order valence-electron chi connectivity index (χ0n) is 27.2. The summed E-state index contributed by atoms with van der Waals surface area (Å²) in [6.45, 7) is 16.8. The number of carbonyl (C=O) groups excluding carboxylic acids is 1. The predicted molar refractivity (Wildman–Crippen MR) is 183 cm³/mol. The van der Waals surface area contributed by atoms with Gasteiger partial charge in [0.05, 0.1) is 0 Å². The zero-order chi connectivity index (χ0) is 31.2. The predicted octanol–water partition coefficient (Wildman–Crippen LogP) is 10.4. The number of hydrogen-bond donors (Lipinski definition) is 1. The van der Waals surface area contributed by atoms with E-state index in [4.69, 9.17) is 4.98 Å². The molecule has 5 heteroatoms. The number of ketones is 1. The minimum atomic E-state index is -0.337. The topological polar surface area (TPSA) is 50.2 Å². The van der Waals surface area contributed by atoms with Gasteiger partial charge in [0.15, 0.2) is 5.78 Å². The molecule has 2 aromatic heterocycles. The molecule has 44 heavy (non-hydrogen) atoms. The molecule has 0 unspecified atom stereocenters. The van der Waals surface area contributed by atoms with E-state index in [-0.39, 0.29) is 47.9 Å². The standard InChI is InChI=1S/C24H16NSe.C15H28O2.Ir/c1-24(2)17-8-5-9-19-21(17)22-20(26-19)10-11-25-23(22)16-12-14-6-3-4-7-15(14)13-18(16)24;1-7-14(5,8-2)12(16)11-13(17)15(6,9-3)10-4;/h3-11,13H,1-2H3;11,16H,7-10H2,1-6H3;/q-1;;/b;12-11-;. The molecule has 5 aromatic rings. The van der Waals surface area contributed by atoms with E-state index in [0.717, 1.165) is 36.8 Å². The second-order valence-corrected chi connectivity index (χ2v) is 15.3. The first-order chi connectivity index (χ1) is 20.4. The molecular formula is C39H44IrNO2Se-. The SMILES string of the molecule is CC1(C)c2cc3ccccc3[c-]c2-c2nccc3[se]c4cccc1c4c23.CCC(C)(CC)C(=O)/C=C(\O)C(C)(CC)CC.[Ir]. The van der Waals surface area contributed by atoms with Crippen molar-refractivity contribution in [3.63, 3.8) is 0 Å². The third-order valence-corrected chi connectivity index (χ3v) is 12.7. The van der Waals surface area contributed by atoms with Crippen molar-refractivity contribution in [2.75, 3.05) is 0 Å². The van der Waals surface area contributed by atoms with Gasteiger partial charge in [-0.3, -0.25) is 4.79 Å². The average Bonchev–Trinajstić information content (AvgIpc) is 3.39. The van der Waals surface area contributed by atoms with Gasteiger partial charge in [0.2, 0.25) is 0 Å². The van der Waals surface area contributed by atoms with E-state index < -0.39 is 0 Å². The van der Waals surface area contributed by atoms with Gasteiger partial charge in [0.1, 0.15) is 5.76 Å². The minimum Gasteiger partial charge on any atom is -0.512 e. The van der Waals surface area contributed by atoms with Crippen LogP contribution < -0.4 is 0 Å². The number of nitrogens with zero attached hydrogens (tertiary/aromatic N) is 1. The number of benzene rings is 3. The van der Waals surface area contributed by atoms with Gasteiger partial charge in [-0.25, -0.2) is 0 Å². The summed E-state index contributed by atoms with van der Waals surface area (Å²) in [7, 11) is 0. The molecule has 0 fully saturated rings. The summed E-state index contributed by atoms with van der Waals surface area (Å²) >= 11 is 0.364. The first kappa shape index (κ1) is 34.3. The Balaban J connectivity index is 0.000000218. The van der Waals surface area contributed by atoms with Crippen LogP contribution in [0, 0.1) is 16.9 Å². The Bertz CT molecular complexity index is 1860. The van der Waals surface area contributed by atoms with Gasteiger partial charge in [-0.1, -0.05) is 41.5 Å². The van der Waals surface area contributed by atoms with E-state index >= 15 is 0 Å². The van der Waals surface area contributed by atoms with Crippen molar-refractivity contribution in [2.45, 2.75) is 86.5 Å². The number of hydrogen-bond acceptors (Lipinski definition) is 3. The van der Waals surface area contributed by atoms with Crippen molar-refractivity contribution in [1.29, 1.82) is 0 Å². The summed E-state index contributed by atoms with van der Waals surface area (Å²) in [5.74, 6) is 0.286. The maximum atomic E-state index is 12.2. The maximum absolute atomic E-state index is 12.2. The number of rotatable bonds is 7. The molecule has 1 N–H and O–H groups in total. The van der Waals surface area contributed by atoms with Crippen molar-refractivity contribution < 1.29 is 30.0 Å². The number of carbonyl (C=O) groups is 1. The molecular weight excluding hydrogens is 786 g/mol. The van der Waals surface area contributed by atoms with Gasteiger partial charge >= 0.3 is 158 Å². The minimum absolute atomic E-state index is 0. The monoisotopic (exact) mass is 831 g/mol. The Morgan fingerprint density at radius 2 is 1.52 bits per heavy atom. The summed E-state index contributed by atoms with van der Waals surface area (Å²) in [5, 5.41) is 15.3. The van der Waals surface area contributed by atoms with E-state index in [9.17, 15) is 9.90 Å². The molecule has 0 aliphatic heterocycles. The summed E-state index contributed by atoms with van der Waals surface area (Å²) < 4.78 is 2.94. The second kappa shape index (κ2) is 13.1. The third-order valence-electron chi connectivity index (χ3n) is 10.4.